The minimum absolute atomic E-state index is 0.159. The smallest absolute Gasteiger partial charge is 0.423 e. The van der Waals surface area contributed by atoms with Crippen LogP contribution in [0.1, 0.15) is 72.6 Å². The highest BCUT2D eigenvalue weighted by Gasteiger charge is 2.32. The topological polar surface area (TPSA) is 140 Å². The molecule has 10 heteroatoms. The van der Waals surface area contributed by atoms with Crippen molar-refractivity contribution in [3.63, 3.8) is 0 Å². The van der Waals surface area contributed by atoms with Gasteiger partial charge in [-0.2, -0.15) is 0 Å². The number of carbonyl (C=O) groups excluding carboxylic acids is 3. The number of hydrazine groups is 1. The Morgan fingerprint density at radius 2 is 1.31 bits per heavy atom. The molecule has 0 spiro atoms. The van der Waals surface area contributed by atoms with Crippen LogP contribution < -0.4 is 15.6 Å². The van der Waals surface area contributed by atoms with Crippen molar-refractivity contribution in [1.29, 1.82) is 0 Å². The Morgan fingerprint density at radius 3 is 1.76 bits per heavy atom. The summed E-state index contributed by atoms with van der Waals surface area (Å²) in [4.78, 5) is 48.4. The van der Waals surface area contributed by atoms with Crippen LogP contribution in [0.3, 0.4) is 0 Å². The summed E-state index contributed by atoms with van der Waals surface area (Å²) >= 11 is 0. The van der Waals surface area contributed by atoms with Crippen molar-refractivity contribution in [3.05, 3.63) is 28.8 Å². The number of methoxy groups -OCH3 is 1. The molecule has 1 aromatic rings. The van der Waals surface area contributed by atoms with Crippen LogP contribution in [0.25, 0.3) is 0 Å². The first kappa shape index (κ1) is 23.7. The second-order valence-corrected chi connectivity index (χ2v) is 7.96. The van der Waals surface area contributed by atoms with Crippen molar-refractivity contribution in [2.75, 3.05) is 7.11 Å². The lowest BCUT2D eigenvalue weighted by Crippen LogP contribution is -2.41. The maximum absolute atomic E-state index is 12.8. The van der Waals surface area contributed by atoms with E-state index in [9.17, 15) is 19.2 Å². The Kier molecular flexibility index (Phi) is 7.21. The molecule has 0 unspecified atom stereocenters. The number of carbonyl (C=O) groups is 4. The number of ether oxygens (including phenoxy) is 3. The van der Waals surface area contributed by atoms with Gasteiger partial charge in [-0.25, -0.2) is 19.8 Å². The largest absolute Gasteiger partial charge is 0.495 e. The summed E-state index contributed by atoms with van der Waals surface area (Å²) in [6.45, 7) is 9.89. The highest BCUT2D eigenvalue weighted by Crippen LogP contribution is 2.31. The van der Waals surface area contributed by atoms with Crippen molar-refractivity contribution < 1.29 is 38.5 Å². The maximum atomic E-state index is 12.8. The molecule has 160 valence electrons. The van der Waals surface area contributed by atoms with Gasteiger partial charge in [-0.1, -0.05) is 0 Å². The number of carboxylic acid groups (broad SMARTS) is 1. The van der Waals surface area contributed by atoms with Gasteiger partial charge in [-0.05, 0) is 53.7 Å². The van der Waals surface area contributed by atoms with Gasteiger partial charge in [0.25, 0.3) is 5.91 Å². The fourth-order valence-electron chi connectivity index (χ4n) is 2.19. The first-order valence-corrected chi connectivity index (χ1v) is 8.63. The zero-order valence-corrected chi connectivity index (χ0v) is 17.5. The van der Waals surface area contributed by atoms with Gasteiger partial charge in [0.1, 0.15) is 22.5 Å². The lowest BCUT2D eigenvalue weighted by atomic mass is 10.0. The van der Waals surface area contributed by atoms with E-state index in [1.54, 1.807) is 47.0 Å². The number of hydrogen-bond acceptors (Lipinski definition) is 7. The van der Waals surface area contributed by atoms with Gasteiger partial charge in [0, 0.05) is 0 Å². The third-order valence-corrected chi connectivity index (χ3v) is 3.11. The Hall–Kier alpha value is -3.30. The predicted molar refractivity (Wildman–Crippen MR) is 102 cm³/mol. The van der Waals surface area contributed by atoms with E-state index in [2.05, 4.69) is 0 Å². The molecule has 0 atom stereocenters. The highest BCUT2D eigenvalue weighted by molar-refractivity contribution is 6.09. The van der Waals surface area contributed by atoms with Gasteiger partial charge in [0.05, 0.1) is 18.2 Å². The molecule has 29 heavy (non-hydrogen) atoms. The van der Waals surface area contributed by atoms with E-state index in [1.165, 1.54) is 19.2 Å². The molecule has 0 bridgehead atoms. The van der Waals surface area contributed by atoms with Crippen molar-refractivity contribution in [2.45, 2.75) is 52.7 Å². The number of nitrogens with one attached hydrogen (secondary N) is 2. The first-order valence-electron chi connectivity index (χ1n) is 8.63. The summed E-state index contributed by atoms with van der Waals surface area (Å²) in [5.74, 6) is -2.87. The second-order valence-electron chi connectivity index (χ2n) is 7.96. The van der Waals surface area contributed by atoms with E-state index in [4.69, 9.17) is 19.3 Å². The Bertz CT molecular complexity index is 819. The van der Waals surface area contributed by atoms with Crippen LogP contribution in [0.2, 0.25) is 0 Å². The van der Waals surface area contributed by atoms with Gasteiger partial charge < -0.3 is 19.3 Å². The van der Waals surface area contributed by atoms with Gasteiger partial charge in [0.2, 0.25) is 0 Å². The van der Waals surface area contributed by atoms with E-state index >= 15 is 0 Å². The Balaban J connectivity index is 3.57. The third-order valence-electron chi connectivity index (χ3n) is 3.11. The average molecular weight is 410 g/mol. The maximum Gasteiger partial charge on any atom is 0.423 e. The van der Waals surface area contributed by atoms with Crippen molar-refractivity contribution in [2.24, 2.45) is 0 Å². The predicted octanol–water partition coefficient (Wildman–Crippen LogP) is 2.52. The van der Waals surface area contributed by atoms with E-state index in [0.29, 0.717) is 0 Å². The zero-order valence-electron chi connectivity index (χ0n) is 17.5. The molecule has 0 saturated heterocycles. The van der Waals surface area contributed by atoms with Gasteiger partial charge >= 0.3 is 18.0 Å². The van der Waals surface area contributed by atoms with Crippen LogP contribution in [0.5, 0.6) is 5.75 Å². The van der Waals surface area contributed by atoms with Gasteiger partial charge in [-0.15, -0.1) is 0 Å². The number of amides is 2. The fourth-order valence-corrected chi connectivity index (χ4v) is 2.19. The standard InChI is InChI=1S/C19H26N2O8/c1-18(2,3)28-15(23)10-8-9-11(14(22)20-21-17(25)26)13(27-7)12(10)16(24)29-19(4,5)6/h8-9,21H,1-7H3,(H,20,22)(H,25,26). The molecule has 1 rings (SSSR count). The monoisotopic (exact) mass is 410 g/mol. The minimum atomic E-state index is -1.49. The van der Waals surface area contributed by atoms with Gasteiger partial charge in [0.15, 0.2) is 0 Å². The highest BCUT2D eigenvalue weighted by atomic mass is 16.6. The molecule has 10 nitrogen and oxygen atoms in total. The minimum Gasteiger partial charge on any atom is -0.495 e. The summed E-state index contributed by atoms with van der Waals surface area (Å²) in [5, 5.41) is 8.64. The lowest BCUT2D eigenvalue weighted by Gasteiger charge is -2.24. The summed E-state index contributed by atoms with van der Waals surface area (Å²) in [5.41, 5.74) is 1.26. The molecule has 1 aromatic carbocycles. The fraction of sp³-hybridized carbons (Fsp3) is 0.474. The lowest BCUT2D eigenvalue weighted by molar-refractivity contribution is 0.00158. The van der Waals surface area contributed by atoms with Crippen molar-refractivity contribution in [1.82, 2.24) is 10.9 Å². The molecule has 0 aromatic heterocycles. The van der Waals surface area contributed by atoms with Crippen LogP contribution in [0.4, 0.5) is 4.79 Å². The summed E-state index contributed by atoms with van der Waals surface area (Å²) in [6, 6.07) is 2.43. The Morgan fingerprint density at radius 1 is 0.828 bits per heavy atom. The summed E-state index contributed by atoms with van der Waals surface area (Å²) < 4.78 is 15.9. The van der Waals surface area contributed by atoms with E-state index in [-0.39, 0.29) is 22.4 Å². The molecule has 3 N–H and O–H groups in total. The first-order chi connectivity index (χ1) is 13.2. The SMILES string of the molecule is COc1c(C(=O)NNC(=O)O)ccc(C(=O)OC(C)(C)C)c1C(=O)OC(C)(C)C. The number of rotatable bonds is 4. The van der Waals surface area contributed by atoms with E-state index in [0.717, 1.165) is 0 Å². The van der Waals surface area contributed by atoms with E-state index < -0.39 is 35.1 Å². The quantitative estimate of drug-likeness (QED) is 0.508. The van der Waals surface area contributed by atoms with E-state index in [1.807, 2.05) is 5.43 Å². The van der Waals surface area contributed by atoms with Crippen molar-refractivity contribution >= 4 is 23.9 Å². The third kappa shape index (κ3) is 6.98. The zero-order chi connectivity index (χ0) is 22.6. The molecule has 0 fully saturated rings. The second kappa shape index (κ2) is 8.80. The number of esters is 2. The molecule has 2 amide bonds. The Labute approximate surface area is 168 Å². The molecular formula is C19H26N2O8. The number of hydrogen-bond donors (Lipinski definition) is 3. The van der Waals surface area contributed by atoms with Crippen molar-refractivity contribution in [3.8, 4) is 5.75 Å². The number of benzene rings is 1. The molecule has 0 saturated carbocycles. The average Bonchev–Trinajstić information content (AvgIpc) is 2.54. The normalized spacial score (nSPS) is 11.3. The molecule has 0 aliphatic heterocycles. The van der Waals surface area contributed by atoms with Crippen LogP contribution in [0, 0.1) is 0 Å². The molecular weight excluding hydrogens is 384 g/mol. The summed E-state index contributed by atoms with van der Waals surface area (Å²) in [7, 11) is 1.20. The van der Waals surface area contributed by atoms with Crippen LogP contribution in [-0.4, -0.2) is 47.4 Å². The van der Waals surface area contributed by atoms with Crippen LogP contribution in [0.15, 0.2) is 12.1 Å². The summed E-state index contributed by atoms with van der Waals surface area (Å²) in [6.07, 6.45) is -1.49. The van der Waals surface area contributed by atoms with Gasteiger partial charge in [-0.3, -0.25) is 10.2 Å². The van der Waals surface area contributed by atoms with Crippen LogP contribution >= 0.6 is 0 Å². The molecule has 0 radical (unpaired) electrons. The van der Waals surface area contributed by atoms with Crippen LogP contribution in [-0.2, 0) is 9.47 Å². The molecule has 0 heterocycles. The molecule has 0 aliphatic carbocycles. The molecule has 0 aliphatic rings.